The fourth-order valence-electron chi connectivity index (χ4n) is 4.76. The second-order valence-electron chi connectivity index (χ2n) is 9.50. The van der Waals surface area contributed by atoms with Crippen molar-refractivity contribution in [2.24, 2.45) is 0 Å². The van der Waals surface area contributed by atoms with Gasteiger partial charge >= 0.3 is 0 Å². The van der Waals surface area contributed by atoms with Gasteiger partial charge < -0.3 is 25.3 Å². The van der Waals surface area contributed by atoms with E-state index < -0.39 is 0 Å². The third kappa shape index (κ3) is 6.28. The predicted molar refractivity (Wildman–Crippen MR) is 142 cm³/mol. The van der Waals surface area contributed by atoms with Crippen molar-refractivity contribution in [2.75, 3.05) is 32.8 Å². The van der Waals surface area contributed by atoms with E-state index >= 15 is 0 Å². The third-order valence-corrected chi connectivity index (χ3v) is 6.76. The minimum absolute atomic E-state index is 0.0122. The summed E-state index contributed by atoms with van der Waals surface area (Å²) < 4.78 is 5.67. The number of fused-ring (bicyclic) bond motifs is 2. The Morgan fingerprint density at radius 3 is 2.65 bits per heavy atom. The van der Waals surface area contributed by atoms with E-state index in [0.29, 0.717) is 51.2 Å². The number of H-pyrrole nitrogens is 1. The molecule has 0 bridgehead atoms. The zero-order valence-corrected chi connectivity index (χ0v) is 21.8. The first-order valence-corrected chi connectivity index (χ1v) is 12.8. The Balaban J connectivity index is 1.49. The molecule has 9 heteroatoms. The van der Waals surface area contributed by atoms with Crippen molar-refractivity contribution >= 4 is 28.6 Å². The molecule has 2 aromatic heterocycles. The zero-order chi connectivity index (χ0) is 26.4. The highest BCUT2D eigenvalue weighted by Gasteiger charge is 2.20. The lowest BCUT2D eigenvalue weighted by molar-refractivity contribution is -0.131. The number of nitrogens with one attached hydrogen (secondary N) is 3. The van der Waals surface area contributed by atoms with Gasteiger partial charge in [0.15, 0.2) is 11.4 Å². The van der Waals surface area contributed by atoms with Crippen molar-refractivity contribution in [2.45, 2.75) is 46.5 Å². The first kappa shape index (κ1) is 26.2. The highest BCUT2D eigenvalue weighted by molar-refractivity contribution is 5.95. The van der Waals surface area contributed by atoms with Crippen LogP contribution in [0.2, 0.25) is 0 Å². The molecule has 1 aliphatic heterocycles. The molecule has 0 aliphatic carbocycles. The maximum Gasteiger partial charge on any atom is 0.273 e. The highest BCUT2D eigenvalue weighted by atomic mass is 16.5. The Kier molecular flexibility index (Phi) is 8.43. The number of aromatic amines is 1. The number of hydrogen-bond acceptors (Lipinski definition) is 5. The van der Waals surface area contributed by atoms with Gasteiger partial charge in [0.25, 0.3) is 5.91 Å². The number of aromatic nitrogens is 2. The van der Waals surface area contributed by atoms with Crippen LogP contribution in [0.15, 0.2) is 30.5 Å². The van der Waals surface area contributed by atoms with Crippen molar-refractivity contribution in [3.05, 3.63) is 58.5 Å². The second kappa shape index (κ2) is 11.9. The summed E-state index contributed by atoms with van der Waals surface area (Å²) in [4.78, 5) is 47.9. The first-order chi connectivity index (χ1) is 17.8. The van der Waals surface area contributed by atoms with Gasteiger partial charge in [-0.05, 0) is 62.4 Å². The third-order valence-electron chi connectivity index (χ3n) is 6.76. The molecule has 1 aromatic carbocycles. The summed E-state index contributed by atoms with van der Waals surface area (Å²) in [5, 5.41) is 6.83. The summed E-state index contributed by atoms with van der Waals surface area (Å²) in [6, 6.07) is 7.56. The SMILES string of the molecule is Cc1[nH]c2c(C)ccc(C)c2c1CC(=O)N1CCCNC(=O)c2ncccc2OCCNC(=O)CCC1. The molecule has 9 nitrogen and oxygen atoms in total. The molecule has 0 radical (unpaired) electrons. The van der Waals surface area contributed by atoms with E-state index in [1.165, 1.54) is 6.20 Å². The van der Waals surface area contributed by atoms with Gasteiger partial charge in [-0.1, -0.05) is 12.1 Å². The minimum Gasteiger partial charge on any atom is -0.489 e. The van der Waals surface area contributed by atoms with Crippen molar-refractivity contribution < 1.29 is 19.1 Å². The van der Waals surface area contributed by atoms with Crippen LogP contribution >= 0.6 is 0 Å². The molecule has 4 rings (SSSR count). The number of rotatable bonds is 2. The van der Waals surface area contributed by atoms with E-state index in [0.717, 1.165) is 33.3 Å². The van der Waals surface area contributed by atoms with E-state index in [4.69, 9.17) is 4.74 Å². The Morgan fingerprint density at radius 2 is 1.81 bits per heavy atom. The first-order valence-electron chi connectivity index (χ1n) is 12.8. The molecule has 3 N–H and O–H groups in total. The van der Waals surface area contributed by atoms with E-state index in [9.17, 15) is 14.4 Å². The smallest absolute Gasteiger partial charge is 0.273 e. The summed E-state index contributed by atoms with van der Waals surface area (Å²) in [7, 11) is 0. The fraction of sp³-hybridized carbons (Fsp3) is 0.429. The molecular weight excluding hydrogens is 470 g/mol. The summed E-state index contributed by atoms with van der Waals surface area (Å²) >= 11 is 0. The minimum atomic E-state index is -0.329. The number of aryl methyl sites for hydroxylation is 3. The maximum atomic E-state index is 13.5. The normalized spacial score (nSPS) is 16.0. The highest BCUT2D eigenvalue weighted by Crippen LogP contribution is 2.28. The van der Waals surface area contributed by atoms with Crippen molar-refractivity contribution in [3.63, 3.8) is 0 Å². The molecule has 0 fully saturated rings. The molecule has 3 heterocycles. The van der Waals surface area contributed by atoms with Crippen LogP contribution in [0.1, 0.15) is 52.1 Å². The van der Waals surface area contributed by atoms with Crippen LogP contribution in [0.25, 0.3) is 10.9 Å². The van der Waals surface area contributed by atoms with Crippen LogP contribution in [-0.2, 0) is 16.0 Å². The Morgan fingerprint density at radius 1 is 1.03 bits per heavy atom. The number of amides is 3. The van der Waals surface area contributed by atoms with Gasteiger partial charge in [0, 0.05) is 48.8 Å². The Labute approximate surface area is 217 Å². The second-order valence-corrected chi connectivity index (χ2v) is 9.50. The predicted octanol–water partition coefficient (Wildman–Crippen LogP) is 2.97. The lowest BCUT2D eigenvalue weighted by Crippen LogP contribution is -2.37. The molecule has 3 amide bonds. The van der Waals surface area contributed by atoms with Gasteiger partial charge in [0.2, 0.25) is 11.8 Å². The summed E-state index contributed by atoms with van der Waals surface area (Å²) in [5.41, 5.74) is 5.57. The maximum absolute atomic E-state index is 13.5. The number of carbonyl (C=O) groups is 3. The molecule has 3 aromatic rings. The van der Waals surface area contributed by atoms with Gasteiger partial charge in [-0.15, -0.1) is 0 Å². The fourth-order valence-corrected chi connectivity index (χ4v) is 4.76. The molecule has 0 saturated carbocycles. The lowest BCUT2D eigenvalue weighted by Gasteiger charge is -2.23. The van der Waals surface area contributed by atoms with Crippen LogP contribution in [0.3, 0.4) is 0 Å². The van der Waals surface area contributed by atoms with Crippen LogP contribution in [0, 0.1) is 20.8 Å². The summed E-state index contributed by atoms with van der Waals surface area (Å²) in [5.74, 6) is -0.0355. The number of ether oxygens (including phenoxy) is 1. The molecule has 37 heavy (non-hydrogen) atoms. The Bertz CT molecular complexity index is 1300. The van der Waals surface area contributed by atoms with Gasteiger partial charge in [0.05, 0.1) is 13.0 Å². The number of benzene rings is 1. The number of hydrogen-bond donors (Lipinski definition) is 3. The van der Waals surface area contributed by atoms with E-state index in [1.54, 1.807) is 12.1 Å². The standard InChI is InChI=1S/C28H35N5O4/c1-18-9-10-19(2)26-25(18)21(20(3)32-26)17-24(35)33-14-5-8-23(34)29-13-16-37-22-7-4-11-30-27(22)28(36)31-12-6-15-33/h4,7,9-11,32H,5-6,8,12-17H2,1-3H3,(H,29,34)(H,31,36). The molecule has 1 aliphatic rings. The van der Waals surface area contributed by atoms with Crippen LogP contribution in [-0.4, -0.2) is 65.4 Å². The van der Waals surface area contributed by atoms with Gasteiger partial charge in [-0.3, -0.25) is 14.4 Å². The summed E-state index contributed by atoms with van der Waals surface area (Å²) in [6.45, 7) is 8.02. The topological polar surface area (TPSA) is 116 Å². The molecule has 196 valence electrons. The monoisotopic (exact) mass is 505 g/mol. The summed E-state index contributed by atoms with van der Waals surface area (Å²) in [6.07, 6.45) is 3.28. The average molecular weight is 506 g/mol. The van der Waals surface area contributed by atoms with Crippen LogP contribution in [0.4, 0.5) is 0 Å². The number of carbonyl (C=O) groups excluding carboxylic acids is 3. The molecule has 0 spiro atoms. The molecular formula is C28H35N5O4. The van der Waals surface area contributed by atoms with Crippen molar-refractivity contribution in [1.29, 1.82) is 0 Å². The number of pyridine rings is 1. The van der Waals surface area contributed by atoms with Gasteiger partial charge in [-0.2, -0.15) is 0 Å². The van der Waals surface area contributed by atoms with Crippen LogP contribution in [0.5, 0.6) is 5.75 Å². The quantitative estimate of drug-likeness (QED) is 0.495. The van der Waals surface area contributed by atoms with Gasteiger partial charge in [0.1, 0.15) is 6.61 Å². The average Bonchev–Trinajstić information content (AvgIpc) is 3.21. The zero-order valence-electron chi connectivity index (χ0n) is 21.8. The van der Waals surface area contributed by atoms with Crippen LogP contribution < -0.4 is 15.4 Å². The van der Waals surface area contributed by atoms with E-state index in [-0.39, 0.29) is 36.4 Å². The van der Waals surface area contributed by atoms with E-state index in [1.807, 2.05) is 11.8 Å². The number of nitrogens with zero attached hydrogens (tertiary/aromatic N) is 2. The Hall–Kier alpha value is -3.88. The van der Waals surface area contributed by atoms with Gasteiger partial charge in [-0.25, -0.2) is 4.98 Å². The molecule has 0 saturated heterocycles. The largest absolute Gasteiger partial charge is 0.489 e. The van der Waals surface area contributed by atoms with Crippen molar-refractivity contribution in [1.82, 2.24) is 25.5 Å². The van der Waals surface area contributed by atoms with E-state index in [2.05, 4.69) is 46.6 Å². The lowest BCUT2D eigenvalue weighted by atomic mass is 10.0. The van der Waals surface area contributed by atoms with Crippen molar-refractivity contribution in [3.8, 4) is 5.75 Å². The molecule has 0 atom stereocenters. The molecule has 0 unspecified atom stereocenters.